The topological polar surface area (TPSA) is 9.72 Å². The Kier molecular flexibility index (Phi) is 5.26. The van der Waals surface area contributed by atoms with Crippen LogP contribution in [0.4, 0.5) is 0 Å². The summed E-state index contributed by atoms with van der Waals surface area (Å²) in [5, 5.41) is 0. The molecule has 2 aliphatic heterocycles. The van der Waals surface area contributed by atoms with Gasteiger partial charge < -0.3 is 9.80 Å². The van der Waals surface area contributed by atoms with Crippen LogP contribution in [-0.2, 0) is 0 Å². The van der Waals surface area contributed by atoms with Crippen molar-refractivity contribution >= 4 is 0 Å². The zero-order valence-electron chi connectivity index (χ0n) is 11.7. The lowest BCUT2D eigenvalue weighted by Crippen LogP contribution is -2.47. The monoisotopic (exact) mass is 239 g/mol. The summed E-state index contributed by atoms with van der Waals surface area (Å²) >= 11 is 0. The molecule has 0 saturated carbocycles. The molecule has 0 aromatic heterocycles. The molecule has 2 fully saturated rings. The van der Waals surface area contributed by atoms with Gasteiger partial charge in [-0.1, -0.05) is 13.3 Å². The fraction of sp³-hybridized carbons (Fsp3) is 1.00. The number of hydrogen-bond acceptors (Lipinski definition) is 3. The van der Waals surface area contributed by atoms with E-state index in [-0.39, 0.29) is 0 Å². The van der Waals surface area contributed by atoms with Gasteiger partial charge in [0, 0.05) is 39.3 Å². The molecule has 0 N–H and O–H groups in total. The van der Waals surface area contributed by atoms with Gasteiger partial charge in [0.05, 0.1) is 0 Å². The number of nitrogens with zero attached hydrogens (tertiary/aromatic N) is 3. The maximum Gasteiger partial charge on any atom is 0.0110 e. The summed E-state index contributed by atoms with van der Waals surface area (Å²) in [6.45, 7) is 12.6. The zero-order valence-corrected chi connectivity index (χ0v) is 11.7. The number of rotatable bonds is 4. The van der Waals surface area contributed by atoms with Crippen molar-refractivity contribution in [3.63, 3.8) is 0 Å². The highest BCUT2D eigenvalue weighted by atomic mass is 15.3. The lowest BCUT2D eigenvalue weighted by molar-refractivity contribution is 0.119. The summed E-state index contributed by atoms with van der Waals surface area (Å²) in [6.07, 6.45) is 4.24. The summed E-state index contributed by atoms with van der Waals surface area (Å²) in [7, 11) is 2.23. The molecule has 0 unspecified atom stereocenters. The van der Waals surface area contributed by atoms with Gasteiger partial charge >= 0.3 is 0 Å². The second-order valence-electron chi connectivity index (χ2n) is 5.84. The van der Waals surface area contributed by atoms with Crippen molar-refractivity contribution in [3.05, 3.63) is 0 Å². The molecule has 0 aromatic carbocycles. The average Bonchev–Trinajstić information content (AvgIpc) is 2.39. The van der Waals surface area contributed by atoms with Crippen LogP contribution in [0, 0.1) is 5.92 Å². The first kappa shape index (κ1) is 13.3. The minimum atomic E-state index is 1.01. The fourth-order valence-corrected chi connectivity index (χ4v) is 2.97. The Morgan fingerprint density at radius 3 is 1.88 bits per heavy atom. The number of piperazine rings is 1. The van der Waals surface area contributed by atoms with Gasteiger partial charge in [-0.05, 0) is 38.9 Å². The van der Waals surface area contributed by atoms with Crippen LogP contribution in [0.1, 0.15) is 26.2 Å². The molecule has 3 nitrogen and oxygen atoms in total. The van der Waals surface area contributed by atoms with Crippen molar-refractivity contribution in [3.8, 4) is 0 Å². The first-order valence-electron chi connectivity index (χ1n) is 7.41. The fourth-order valence-electron chi connectivity index (χ4n) is 2.97. The quantitative estimate of drug-likeness (QED) is 0.733. The van der Waals surface area contributed by atoms with Crippen molar-refractivity contribution in [2.24, 2.45) is 5.92 Å². The van der Waals surface area contributed by atoms with Gasteiger partial charge in [0.25, 0.3) is 0 Å². The van der Waals surface area contributed by atoms with Gasteiger partial charge in [0.1, 0.15) is 0 Å². The van der Waals surface area contributed by atoms with E-state index in [9.17, 15) is 0 Å². The summed E-state index contributed by atoms with van der Waals surface area (Å²) < 4.78 is 0. The van der Waals surface area contributed by atoms with Gasteiger partial charge in [0.15, 0.2) is 0 Å². The Hall–Kier alpha value is -0.120. The second kappa shape index (κ2) is 6.72. The van der Waals surface area contributed by atoms with Crippen LogP contribution < -0.4 is 0 Å². The third kappa shape index (κ3) is 4.23. The highest BCUT2D eigenvalue weighted by Crippen LogP contribution is 2.19. The molecule has 17 heavy (non-hydrogen) atoms. The average molecular weight is 239 g/mol. The summed E-state index contributed by atoms with van der Waals surface area (Å²) in [5.41, 5.74) is 0. The molecule has 0 aliphatic carbocycles. The smallest absolute Gasteiger partial charge is 0.0110 e. The third-order valence-corrected chi connectivity index (χ3v) is 4.61. The third-order valence-electron chi connectivity index (χ3n) is 4.61. The predicted octanol–water partition coefficient (Wildman–Crippen LogP) is 1.36. The van der Waals surface area contributed by atoms with E-state index in [4.69, 9.17) is 0 Å². The van der Waals surface area contributed by atoms with Crippen LogP contribution in [0.5, 0.6) is 0 Å². The maximum atomic E-state index is 2.67. The Labute approximate surface area is 107 Å². The SMILES string of the molecule is CCC1CCN(CCN2CCN(C)CC2)CC1. The molecule has 0 amide bonds. The van der Waals surface area contributed by atoms with Crippen LogP contribution in [0.25, 0.3) is 0 Å². The summed E-state index contributed by atoms with van der Waals surface area (Å²) in [6, 6.07) is 0. The van der Waals surface area contributed by atoms with Crippen LogP contribution in [0.2, 0.25) is 0 Å². The van der Waals surface area contributed by atoms with Crippen LogP contribution >= 0.6 is 0 Å². The van der Waals surface area contributed by atoms with Crippen molar-refractivity contribution in [2.45, 2.75) is 26.2 Å². The first-order chi connectivity index (χ1) is 8.28. The minimum Gasteiger partial charge on any atom is -0.304 e. The van der Waals surface area contributed by atoms with E-state index in [2.05, 4.69) is 28.7 Å². The highest BCUT2D eigenvalue weighted by Gasteiger charge is 2.19. The van der Waals surface area contributed by atoms with Crippen molar-refractivity contribution in [2.75, 3.05) is 59.4 Å². The van der Waals surface area contributed by atoms with E-state index in [1.165, 1.54) is 71.6 Å². The van der Waals surface area contributed by atoms with E-state index in [0.29, 0.717) is 0 Å². The predicted molar refractivity (Wildman–Crippen MR) is 73.4 cm³/mol. The largest absolute Gasteiger partial charge is 0.304 e. The van der Waals surface area contributed by atoms with Gasteiger partial charge in [-0.15, -0.1) is 0 Å². The molecular weight excluding hydrogens is 210 g/mol. The highest BCUT2D eigenvalue weighted by molar-refractivity contribution is 4.74. The number of hydrogen-bond donors (Lipinski definition) is 0. The van der Waals surface area contributed by atoms with E-state index in [1.54, 1.807) is 0 Å². The normalized spacial score (nSPS) is 26.5. The van der Waals surface area contributed by atoms with Gasteiger partial charge in [0.2, 0.25) is 0 Å². The van der Waals surface area contributed by atoms with E-state index in [0.717, 1.165) is 5.92 Å². The standard InChI is InChI=1S/C14H29N3/c1-3-14-4-6-16(7-5-14)12-13-17-10-8-15(2)9-11-17/h14H,3-13H2,1-2H3. The van der Waals surface area contributed by atoms with E-state index < -0.39 is 0 Å². The molecule has 2 heterocycles. The Morgan fingerprint density at radius 2 is 1.35 bits per heavy atom. The molecule has 2 aliphatic rings. The Bertz CT molecular complexity index is 204. The second-order valence-corrected chi connectivity index (χ2v) is 5.84. The van der Waals surface area contributed by atoms with Crippen LogP contribution in [0.15, 0.2) is 0 Å². The molecule has 100 valence electrons. The van der Waals surface area contributed by atoms with E-state index >= 15 is 0 Å². The van der Waals surface area contributed by atoms with Crippen molar-refractivity contribution in [1.29, 1.82) is 0 Å². The number of likely N-dealkylation sites (tertiary alicyclic amines) is 1. The van der Waals surface area contributed by atoms with Crippen molar-refractivity contribution in [1.82, 2.24) is 14.7 Å². The molecular formula is C14H29N3. The summed E-state index contributed by atoms with van der Waals surface area (Å²) in [5.74, 6) is 1.01. The molecule has 2 rings (SSSR count). The molecule has 0 atom stereocenters. The number of piperidine rings is 1. The summed E-state index contributed by atoms with van der Waals surface area (Å²) in [4.78, 5) is 7.74. The molecule has 0 spiro atoms. The first-order valence-corrected chi connectivity index (χ1v) is 7.41. The van der Waals surface area contributed by atoms with Gasteiger partial charge in [-0.2, -0.15) is 0 Å². The zero-order chi connectivity index (χ0) is 12.1. The molecule has 2 saturated heterocycles. The van der Waals surface area contributed by atoms with Gasteiger partial charge in [-0.3, -0.25) is 4.90 Å². The van der Waals surface area contributed by atoms with Gasteiger partial charge in [-0.25, -0.2) is 0 Å². The lowest BCUT2D eigenvalue weighted by Gasteiger charge is -2.36. The van der Waals surface area contributed by atoms with Crippen LogP contribution in [-0.4, -0.2) is 74.1 Å². The Morgan fingerprint density at radius 1 is 0.824 bits per heavy atom. The molecule has 0 radical (unpaired) electrons. The number of likely N-dealkylation sites (N-methyl/N-ethyl adjacent to an activating group) is 1. The Balaban J connectivity index is 1.59. The molecule has 0 aromatic rings. The lowest BCUT2D eigenvalue weighted by atomic mass is 9.94. The molecule has 3 heteroatoms. The maximum absolute atomic E-state index is 2.67. The minimum absolute atomic E-state index is 1.01. The van der Waals surface area contributed by atoms with E-state index in [1.807, 2.05) is 0 Å². The van der Waals surface area contributed by atoms with Crippen LogP contribution in [0.3, 0.4) is 0 Å². The molecule has 0 bridgehead atoms. The van der Waals surface area contributed by atoms with Crippen molar-refractivity contribution < 1.29 is 0 Å².